The lowest BCUT2D eigenvalue weighted by atomic mass is 9.88. The lowest BCUT2D eigenvalue weighted by Crippen LogP contribution is -2.24. The predicted molar refractivity (Wildman–Crippen MR) is 122 cm³/mol. The zero-order valence-electron chi connectivity index (χ0n) is 16.2. The Morgan fingerprint density at radius 3 is 2.41 bits per heavy atom. The topological polar surface area (TPSA) is 58.2 Å². The number of carbonyl (C=O) groups excluding carboxylic acids is 2. The zero-order valence-corrected chi connectivity index (χ0v) is 18.5. The number of halogens is 2. The molecule has 1 atom stereocenters. The van der Waals surface area contributed by atoms with Crippen LogP contribution in [0.2, 0.25) is 10.0 Å². The van der Waals surface area contributed by atoms with Gasteiger partial charge in [-0.1, -0.05) is 48.5 Å². The molecule has 0 radical (unpaired) electrons. The Morgan fingerprint density at radius 2 is 1.69 bits per heavy atom. The van der Waals surface area contributed by atoms with E-state index >= 15 is 0 Å². The second-order valence-electron chi connectivity index (χ2n) is 7.23. The highest BCUT2D eigenvalue weighted by atomic mass is 35.5. The summed E-state index contributed by atoms with van der Waals surface area (Å²) < 4.78 is 0. The minimum absolute atomic E-state index is 0.0947. The van der Waals surface area contributed by atoms with Gasteiger partial charge < -0.3 is 10.6 Å². The minimum Gasteiger partial charge on any atom is -0.326 e. The van der Waals surface area contributed by atoms with E-state index in [2.05, 4.69) is 10.6 Å². The summed E-state index contributed by atoms with van der Waals surface area (Å²) in [6, 6.07) is 12.6. The van der Waals surface area contributed by atoms with Crippen molar-refractivity contribution in [3.8, 4) is 0 Å². The zero-order chi connectivity index (χ0) is 20.8. The van der Waals surface area contributed by atoms with Gasteiger partial charge in [-0.3, -0.25) is 9.59 Å². The standard InChI is InChI=1S/C22H24Cl2N2O2S/c1-14(21(27)25-17-10-11-19(23)20(24)13-17)29-18-9-5-8-16(12-18)26-22(28)15-6-3-2-4-7-15/h5,8-15H,2-4,6-7H2,1H3,(H,25,27)(H,26,28). The summed E-state index contributed by atoms with van der Waals surface area (Å²) in [5.74, 6) is 0.0678. The van der Waals surface area contributed by atoms with Crippen molar-refractivity contribution in [2.75, 3.05) is 10.6 Å². The second kappa shape index (κ2) is 10.4. The van der Waals surface area contributed by atoms with Gasteiger partial charge in [0.15, 0.2) is 0 Å². The van der Waals surface area contributed by atoms with Crippen LogP contribution in [0.4, 0.5) is 11.4 Å². The van der Waals surface area contributed by atoms with Crippen LogP contribution in [-0.2, 0) is 9.59 Å². The van der Waals surface area contributed by atoms with E-state index in [1.807, 2.05) is 31.2 Å². The Kier molecular flexibility index (Phi) is 7.87. The molecule has 0 aliphatic heterocycles. The molecule has 7 heteroatoms. The van der Waals surface area contributed by atoms with E-state index in [0.29, 0.717) is 15.7 Å². The molecule has 0 bridgehead atoms. The molecule has 0 aromatic heterocycles. The molecule has 154 valence electrons. The van der Waals surface area contributed by atoms with Crippen LogP contribution in [0.3, 0.4) is 0 Å². The summed E-state index contributed by atoms with van der Waals surface area (Å²) >= 11 is 13.3. The SMILES string of the molecule is CC(Sc1cccc(NC(=O)C2CCCCC2)c1)C(=O)Nc1ccc(Cl)c(Cl)c1. The van der Waals surface area contributed by atoms with Crippen molar-refractivity contribution in [3.05, 3.63) is 52.5 Å². The highest BCUT2D eigenvalue weighted by Crippen LogP contribution is 2.29. The van der Waals surface area contributed by atoms with E-state index in [1.165, 1.54) is 18.2 Å². The van der Waals surface area contributed by atoms with E-state index in [-0.39, 0.29) is 23.0 Å². The number of carbonyl (C=O) groups is 2. The molecule has 4 nitrogen and oxygen atoms in total. The van der Waals surface area contributed by atoms with Crippen molar-refractivity contribution in [1.29, 1.82) is 0 Å². The molecule has 1 aliphatic carbocycles. The molecule has 0 saturated heterocycles. The summed E-state index contributed by atoms with van der Waals surface area (Å²) in [5.41, 5.74) is 1.37. The van der Waals surface area contributed by atoms with Crippen LogP contribution < -0.4 is 10.6 Å². The molecule has 1 saturated carbocycles. The summed E-state index contributed by atoms with van der Waals surface area (Å²) in [5, 5.41) is 6.39. The van der Waals surface area contributed by atoms with Gasteiger partial charge in [0.05, 0.1) is 15.3 Å². The van der Waals surface area contributed by atoms with Crippen LogP contribution in [0.15, 0.2) is 47.4 Å². The maximum absolute atomic E-state index is 12.5. The van der Waals surface area contributed by atoms with E-state index in [1.54, 1.807) is 18.2 Å². The molecule has 1 fully saturated rings. The number of hydrogen-bond donors (Lipinski definition) is 2. The number of nitrogens with one attached hydrogen (secondary N) is 2. The minimum atomic E-state index is -0.325. The lowest BCUT2D eigenvalue weighted by molar-refractivity contribution is -0.120. The fourth-order valence-electron chi connectivity index (χ4n) is 3.33. The lowest BCUT2D eigenvalue weighted by Gasteiger charge is -2.21. The molecule has 3 rings (SSSR count). The molecule has 0 heterocycles. The van der Waals surface area contributed by atoms with Gasteiger partial charge in [-0.05, 0) is 56.2 Å². The monoisotopic (exact) mass is 450 g/mol. The van der Waals surface area contributed by atoms with Gasteiger partial charge in [-0.25, -0.2) is 0 Å². The van der Waals surface area contributed by atoms with E-state index < -0.39 is 0 Å². The number of hydrogen-bond acceptors (Lipinski definition) is 3. The highest BCUT2D eigenvalue weighted by Gasteiger charge is 2.21. The van der Waals surface area contributed by atoms with Crippen molar-refractivity contribution in [1.82, 2.24) is 0 Å². The number of anilines is 2. The summed E-state index contributed by atoms with van der Waals surface area (Å²) in [6.07, 6.45) is 5.40. The molecular weight excluding hydrogens is 427 g/mol. The Hall–Kier alpha value is -1.69. The normalized spacial score (nSPS) is 15.6. The van der Waals surface area contributed by atoms with Crippen molar-refractivity contribution in [3.63, 3.8) is 0 Å². The molecule has 0 spiro atoms. The van der Waals surface area contributed by atoms with Gasteiger partial charge >= 0.3 is 0 Å². The van der Waals surface area contributed by atoms with Crippen molar-refractivity contribution < 1.29 is 9.59 Å². The number of rotatable bonds is 6. The van der Waals surface area contributed by atoms with Crippen LogP contribution in [0, 0.1) is 5.92 Å². The molecule has 29 heavy (non-hydrogen) atoms. The number of amides is 2. The Bertz CT molecular complexity index is 885. The fraction of sp³-hybridized carbons (Fsp3) is 0.364. The van der Waals surface area contributed by atoms with E-state index in [0.717, 1.165) is 36.3 Å². The van der Waals surface area contributed by atoms with Gasteiger partial charge in [0, 0.05) is 22.2 Å². The van der Waals surface area contributed by atoms with Crippen LogP contribution in [0.25, 0.3) is 0 Å². The van der Waals surface area contributed by atoms with E-state index in [9.17, 15) is 9.59 Å². The van der Waals surface area contributed by atoms with Gasteiger partial charge in [0.25, 0.3) is 0 Å². The third kappa shape index (κ3) is 6.39. The maximum atomic E-state index is 12.5. The average molecular weight is 451 g/mol. The van der Waals surface area contributed by atoms with Crippen molar-refractivity contribution >= 4 is 58.2 Å². The first-order valence-corrected chi connectivity index (χ1v) is 11.4. The number of thioether (sulfide) groups is 1. The van der Waals surface area contributed by atoms with Crippen LogP contribution >= 0.6 is 35.0 Å². The van der Waals surface area contributed by atoms with E-state index in [4.69, 9.17) is 23.2 Å². The third-order valence-corrected chi connectivity index (χ3v) is 6.78. The molecule has 1 aliphatic rings. The van der Waals surface area contributed by atoms with Gasteiger partial charge in [-0.2, -0.15) is 0 Å². The van der Waals surface area contributed by atoms with Gasteiger partial charge in [0.2, 0.25) is 11.8 Å². The number of benzene rings is 2. The third-order valence-electron chi connectivity index (χ3n) is 4.95. The van der Waals surface area contributed by atoms with Crippen LogP contribution in [0.1, 0.15) is 39.0 Å². The summed E-state index contributed by atoms with van der Waals surface area (Å²) in [7, 11) is 0. The molecular formula is C22H24Cl2N2O2S. The summed E-state index contributed by atoms with van der Waals surface area (Å²) in [4.78, 5) is 25.9. The Balaban J connectivity index is 1.57. The highest BCUT2D eigenvalue weighted by molar-refractivity contribution is 8.00. The second-order valence-corrected chi connectivity index (χ2v) is 9.46. The average Bonchev–Trinajstić information content (AvgIpc) is 2.71. The van der Waals surface area contributed by atoms with Crippen molar-refractivity contribution in [2.24, 2.45) is 5.92 Å². The summed E-state index contributed by atoms with van der Waals surface area (Å²) in [6.45, 7) is 1.84. The Morgan fingerprint density at radius 1 is 0.966 bits per heavy atom. The van der Waals surface area contributed by atoms with Gasteiger partial charge in [0.1, 0.15) is 0 Å². The van der Waals surface area contributed by atoms with Crippen LogP contribution in [0.5, 0.6) is 0 Å². The fourth-order valence-corrected chi connectivity index (χ4v) is 4.56. The quantitative estimate of drug-likeness (QED) is 0.485. The van der Waals surface area contributed by atoms with Crippen molar-refractivity contribution in [2.45, 2.75) is 49.2 Å². The Labute approximate surface area is 185 Å². The first-order valence-electron chi connectivity index (χ1n) is 9.76. The first-order chi connectivity index (χ1) is 13.9. The molecule has 2 amide bonds. The predicted octanol–water partition coefficient (Wildman–Crippen LogP) is 6.63. The van der Waals surface area contributed by atoms with Gasteiger partial charge in [-0.15, -0.1) is 11.8 Å². The van der Waals surface area contributed by atoms with Crippen LogP contribution in [-0.4, -0.2) is 17.1 Å². The first kappa shape index (κ1) is 22.0. The molecule has 2 aromatic rings. The smallest absolute Gasteiger partial charge is 0.237 e. The maximum Gasteiger partial charge on any atom is 0.237 e. The largest absolute Gasteiger partial charge is 0.326 e. The molecule has 2 aromatic carbocycles. The molecule has 2 N–H and O–H groups in total. The molecule has 1 unspecified atom stereocenters.